The first kappa shape index (κ1) is 20.1. The minimum Gasteiger partial charge on any atom is -0.396 e. The molecule has 0 bridgehead atoms. The van der Waals surface area contributed by atoms with E-state index in [9.17, 15) is 0 Å². The summed E-state index contributed by atoms with van der Waals surface area (Å²) in [6.07, 6.45) is 17.5. The van der Waals surface area contributed by atoms with Gasteiger partial charge in [-0.25, -0.2) is 0 Å². The van der Waals surface area contributed by atoms with Crippen LogP contribution in [-0.4, -0.2) is 11.7 Å². The van der Waals surface area contributed by atoms with Crippen molar-refractivity contribution in [1.82, 2.24) is 0 Å². The van der Waals surface area contributed by atoms with Crippen LogP contribution in [0.2, 0.25) is 0 Å². The molecule has 0 aliphatic heterocycles. The van der Waals surface area contributed by atoms with Gasteiger partial charge in [-0.15, -0.1) is 11.8 Å². The zero-order valence-electron chi connectivity index (χ0n) is 14.1. The normalized spacial score (nSPS) is 9.62. The molecule has 0 aliphatic rings. The highest BCUT2D eigenvalue weighted by atomic mass is 16.2. The Kier molecular flexibility index (Phi) is 18.2. The van der Waals surface area contributed by atoms with Crippen LogP contribution in [0.3, 0.4) is 0 Å². The molecule has 0 heterocycles. The van der Waals surface area contributed by atoms with Crippen molar-refractivity contribution < 1.29 is 5.11 Å². The van der Waals surface area contributed by atoms with E-state index in [-0.39, 0.29) is 0 Å². The summed E-state index contributed by atoms with van der Waals surface area (Å²) in [5.74, 6) is 12.1. The molecule has 0 aromatic carbocycles. The molecule has 1 heteroatoms. The predicted octanol–water partition coefficient (Wildman–Crippen LogP) is 5.47. The Hall–Kier alpha value is -0.920. The van der Waals surface area contributed by atoms with Gasteiger partial charge in [0.2, 0.25) is 0 Å². The van der Waals surface area contributed by atoms with Gasteiger partial charge < -0.3 is 5.11 Å². The Labute approximate surface area is 132 Å². The molecule has 0 fully saturated rings. The monoisotopic (exact) mass is 290 g/mol. The maximum atomic E-state index is 8.68. The van der Waals surface area contributed by atoms with Crippen LogP contribution in [0, 0.1) is 23.7 Å². The molecule has 0 unspecified atom stereocenters. The lowest BCUT2D eigenvalue weighted by Gasteiger charge is -2.02. The molecule has 0 spiro atoms. The Balaban J connectivity index is 3.04. The lowest BCUT2D eigenvalue weighted by molar-refractivity contribution is 0.282. The zero-order valence-corrected chi connectivity index (χ0v) is 14.1. The molecule has 0 aromatic heterocycles. The predicted molar refractivity (Wildman–Crippen MR) is 92.9 cm³/mol. The third-order valence-electron chi connectivity index (χ3n) is 3.69. The van der Waals surface area contributed by atoms with Gasteiger partial charge in [0.1, 0.15) is 0 Å². The minimum atomic E-state index is 0.360. The minimum absolute atomic E-state index is 0.360. The second-order valence-corrected chi connectivity index (χ2v) is 5.67. The fourth-order valence-electron chi connectivity index (χ4n) is 2.38. The van der Waals surface area contributed by atoms with Gasteiger partial charge in [-0.3, -0.25) is 0 Å². The van der Waals surface area contributed by atoms with Crippen molar-refractivity contribution >= 4 is 0 Å². The number of hydrogen-bond acceptors (Lipinski definition) is 1. The summed E-state index contributed by atoms with van der Waals surface area (Å²) in [5.41, 5.74) is 0. The van der Waals surface area contributed by atoms with Crippen LogP contribution in [0.25, 0.3) is 0 Å². The molecular formula is C20H34O. The Morgan fingerprint density at radius 3 is 1.52 bits per heavy atom. The SMILES string of the molecule is CC#CCC#CCCCCCCCCCCCCCCO. The Bertz CT molecular complexity index is 310. The summed E-state index contributed by atoms with van der Waals surface area (Å²) < 4.78 is 0. The van der Waals surface area contributed by atoms with Crippen LogP contribution in [0.4, 0.5) is 0 Å². The van der Waals surface area contributed by atoms with E-state index in [0.717, 1.165) is 19.3 Å². The highest BCUT2D eigenvalue weighted by Gasteiger charge is 1.93. The maximum Gasteiger partial charge on any atom is 0.0702 e. The average Bonchev–Trinajstić information content (AvgIpc) is 2.50. The van der Waals surface area contributed by atoms with Crippen LogP contribution in [0.15, 0.2) is 0 Å². The third-order valence-corrected chi connectivity index (χ3v) is 3.69. The topological polar surface area (TPSA) is 20.2 Å². The standard InChI is InChI=1S/C20H34O/c1-2-3-4-5-6-7-8-9-10-11-12-13-14-15-16-17-18-19-20-21/h21H,4,7-20H2,1H3. The summed E-state index contributed by atoms with van der Waals surface area (Å²) in [4.78, 5) is 0. The van der Waals surface area contributed by atoms with Gasteiger partial charge in [0, 0.05) is 13.0 Å². The van der Waals surface area contributed by atoms with E-state index in [2.05, 4.69) is 23.7 Å². The van der Waals surface area contributed by atoms with E-state index < -0.39 is 0 Å². The molecule has 0 radical (unpaired) electrons. The van der Waals surface area contributed by atoms with Gasteiger partial charge in [0.15, 0.2) is 0 Å². The van der Waals surface area contributed by atoms with E-state index in [1.165, 1.54) is 70.6 Å². The smallest absolute Gasteiger partial charge is 0.0702 e. The molecule has 1 N–H and O–H groups in total. The molecule has 0 saturated heterocycles. The summed E-state index contributed by atoms with van der Waals surface area (Å²) in [6.45, 7) is 2.22. The van der Waals surface area contributed by atoms with Crippen molar-refractivity contribution in [2.75, 3.05) is 6.61 Å². The summed E-state index contributed by atoms with van der Waals surface area (Å²) in [6, 6.07) is 0. The van der Waals surface area contributed by atoms with Crippen molar-refractivity contribution in [3.05, 3.63) is 0 Å². The fraction of sp³-hybridized carbons (Fsp3) is 0.800. The molecule has 0 aromatic rings. The third kappa shape index (κ3) is 19.1. The van der Waals surface area contributed by atoms with Crippen LogP contribution in [0.5, 0.6) is 0 Å². The molecule has 0 saturated carbocycles. The second-order valence-electron chi connectivity index (χ2n) is 5.67. The Morgan fingerprint density at radius 2 is 1.05 bits per heavy atom. The number of rotatable bonds is 13. The first-order chi connectivity index (χ1) is 10.4. The number of aliphatic hydroxyl groups excluding tert-OH is 1. The molecule has 0 atom stereocenters. The summed E-state index contributed by atoms with van der Waals surface area (Å²) >= 11 is 0. The van der Waals surface area contributed by atoms with Gasteiger partial charge in [-0.1, -0.05) is 76.0 Å². The zero-order chi connectivity index (χ0) is 15.4. The van der Waals surface area contributed by atoms with Gasteiger partial charge in [-0.2, -0.15) is 0 Å². The molecule has 21 heavy (non-hydrogen) atoms. The van der Waals surface area contributed by atoms with Gasteiger partial charge in [0.05, 0.1) is 6.42 Å². The lowest BCUT2D eigenvalue weighted by atomic mass is 10.0. The van der Waals surface area contributed by atoms with Gasteiger partial charge in [0.25, 0.3) is 0 Å². The van der Waals surface area contributed by atoms with Crippen molar-refractivity contribution in [2.24, 2.45) is 0 Å². The number of unbranched alkanes of at least 4 members (excludes halogenated alkanes) is 12. The molecule has 0 rings (SSSR count). The molecular weight excluding hydrogens is 256 g/mol. The first-order valence-electron chi connectivity index (χ1n) is 8.88. The maximum absolute atomic E-state index is 8.68. The summed E-state index contributed by atoms with van der Waals surface area (Å²) in [7, 11) is 0. The van der Waals surface area contributed by atoms with Crippen molar-refractivity contribution in [1.29, 1.82) is 0 Å². The quantitative estimate of drug-likeness (QED) is 0.352. The van der Waals surface area contributed by atoms with Gasteiger partial charge in [-0.05, 0) is 19.8 Å². The molecule has 120 valence electrons. The van der Waals surface area contributed by atoms with E-state index in [0.29, 0.717) is 6.61 Å². The van der Waals surface area contributed by atoms with Crippen molar-refractivity contribution in [2.45, 2.75) is 96.8 Å². The molecule has 0 amide bonds. The number of hydrogen-bond donors (Lipinski definition) is 1. The van der Waals surface area contributed by atoms with E-state index in [4.69, 9.17) is 5.11 Å². The largest absolute Gasteiger partial charge is 0.396 e. The van der Waals surface area contributed by atoms with Crippen molar-refractivity contribution in [3.8, 4) is 23.7 Å². The van der Waals surface area contributed by atoms with E-state index in [1.807, 2.05) is 6.92 Å². The van der Waals surface area contributed by atoms with E-state index >= 15 is 0 Å². The Morgan fingerprint density at radius 1 is 0.571 bits per heavy atom. The highest BCUT2D eigenvalue weighted by Crippen LogP contribution is 2.12. The molecule has 1 nitrogen and oxygen atoms in total. The second kappa shape index (κ2) is 19.1. The van der Waals surface area contributed by atoms with Crippen LogP contribution < -0.4 is 0 Å². The number of aliphatic hydroxyl groups is 1. The lowest BCUT2D eigenvalue weighted by Crippen LogP contribution is -1.84. The van der Waals surface area contributed by atoms with E-state index in [1.54, 1.807) is 0 Å². The van der Waals surface area contributed by atoms with Crippen LogP contribution in [0.1, 0.15) is 96.8 Å². The highest BCUT2D eigenvalue weighted by molar-refractivity contribution is 5.10. The fourth-order valence-corrected chi connectivity index (χ4v) is 2.38. The van der Waals surface area contributed by atoms with Crippen LogP contribution >= 0.6 is 0 Å². The summed E-state index contributed by atoms with van der Waals surface area (Å²) in [5, 5.41) is 8.68. The van der Waals surface area contributed by atoms with Gasteiger partial charge >= 0.3 is 0 Å². The van der Waals surface area contributed by atoms with Crippen LogP contribution in [-0.2, 0) is 0 Å². The average molecular weight is 290 g/mol. The first-order valence-corrected chi connectivity index (χ1v) is 8.88. The van der Waals surface area contributed by atoms with Crippen molar-refractivity contribution in [3.63, 3.8) is 0 Å². The molecule has 0 aliphatic carbocycles.